The molecule has 3 rings (SSSR count). The molecule has 1 aromatic heterocycles. The number of para-hydroxylation sites is 1. The summed E-state index contributed by atoms with van der Waals surface area (Å²) in [4.78, 5) is 19.4. The van der Waals surface area contributed by atoms with Crippen molar-refractivity contribution < 1.29 is 9.53 Å². The van der Waals surface area contributed by atoms with Crippen molar-refractivity contribution in [1.29, 1.82) is 0 Å². The standard InChI is InChI=1S/C20H26N2O2S/c1-15-14-25-20(21-15)22(17-10-6-5-7-11-17)19(23)16(2)24-18-12-8-3-4-9-13-18/h5-7,10-11,14,16,18H,3-4,8-9,12-13H2,1-2H3. The fraction of sp³-hybridized carbons (Fsp3) is 0.500. The summed E-state index contributed by atoms with van der Waals surface area (Å²) in [6.07, 6.45) is 6.76. The lowest BCUT2D eigenvalue weighted by Crippen LogP contribution is -2.38. The normalized spacial score (nSPS) is 17.0. The monoisotopic (exact) mass is 358 g/mol. The zero-order chi connectivity index (χ0) is 17.6. The molecule has 1 atom stereocenters. The number of hydrogen-bond acceptors (Lipinski definition) is 4. The largest absolute Gasteiger partial charge is 0.365 e. The number of amides is 1. The van der Waals surface area contributed by atoms with Crippen LogP contribution in [0.2, 0.25) is 0 Å². The van der Waals surface area contributed by atoms with E-state index in [1.807, 2.05) is 49.6 Å². The molecule has 1 amide bonds. The smallest absolute Gasteiger partial charge is 0.262 e. The molecule has 0 aliphatic heterocycles. The fourth-order valence-corrected chi connectivity index (χ4v) is 4.09. The number of thiazole rings is 1. The summed E-state index contributed by atoms with van der Waals surface area (Å²) >= 11 is 1.49. The number of aromatic nitrogens is 1. The first kappa shape index (κ1) is 18.1. The first-order valence-electron chi connectivity index (χ1n) is 9.12. The molecule has 1 unspecified atom stereocenters. The zero-order valence-electron chi connectivity index (χ0n) is 15.0. The molecule has 1 aliphatic carbocycles. The average Bonchev–Trinajstić information content (AvgIpc) is 2.88. The minimum Gasteiger partial charge on any atom is -0.365 e. The van der Waals surface area contributed by atoms with E-state index in [0.717, 1.165) is 24.2 Å². The number of anilines is 2. The summed E-state index contributed by atoms with van der Waals surface area (Å²) in [5.41, 5.74) is 1.75. The Kier molecular flexibility index (Phi) is 6.21. The van der Waals surface area contributed by atoms with Crippen molar-refractivity contribution in [3.8, 4) is 0 Å². The summed E-state index contributed by atoms with van der Waals surface area (Å²) in [6, 6.07) is 9.70. The van der Waals surface area contributed by atoms with Gasteiger partial charge in [0.05, 0.1) is 17.5 Å². The van der Waals surface area contributed by atoms with E-state index < -0.39 is 6.10 Å². The van der Waals surface area contributed by atoms with Gasteiger partial charge >= 0.3 is 0 Å². The highest BCUT2D eigenvalue weighted by Crippen LogP contribution is 2.30. The van der Waals surface area contributed by atoms with E-state index in [1.54, 1.807) is 4.90 Å². The van der Waals surface area contributed by atoms with Crippen LogP contribution in [0.25, 0.3) is 0 Å². The second-order valence-electron chi connectivity index (χ2n) is 6.67. The molecule has 1 heterocycles. The maximum atomic E-state index is 13.2. The third-order valence-corrected chi connectivity index (χ3v) is 5.52. The van der Waals surface area contributed by atoms with Crippen molar-refractivity contribution in [1.82, 2.24) is 4.98 Å². The van der Waals surface area contributed by atoms with E-state index >= 15 is 0 Å². The van der Waals surface area contributed by atoms with Crippen LogP contribution < -0.4 is 4.90 Å². The predicted molar refractivity (Wildman–Crippen MR) is 102 cm³/mol. The molecule has 1 fully saturated rings. The van der Waals surface area contributed by atoms with Gasteiger partial charge in [0.15, 0.2) is 5.13 Å². The van der Waals surface area contributed by atoms with Gasteiger partial charge in [0.1, 0.15) is 6.10 Å². The molecule has 0 radical (unpaired) electrons. The van der Waals surface area contributed by atoms with Crippen molar-refractivity contribution in [3.63, 3.8) is 0 Å². The van der Waals surface area contributed by atoms with Crippen LogP contribution in [-0.2, 0) is 9.53 Å². The Bertz CT molecular complexity index is 678. The Hall–Kier alpha value is -1.72. The van der Waals surface area contributed by atoms with E-state index in [-0.39, 0.29) is 12.0 Å². The Morgan fingerprint density at radius 1 is 1.20 bits per heavy atom. The number of ether oxygens (including phenoxy) is 1. The second kappa shape index (κ2) is 8.59. The van der Waals surface area contributed by atoms with E-state index in [2.05, 4.69) is 4.98 Å². The lowest BCUT2D eigenvalue weighted by molar-refractivity contribution is -0.132. The molecule has 25 heavy (non-hydrogen) atoms. The molecule has 4 nitrogen and oxygen atoms in total. The van der Waals surface area contributed by atoms with Gasteiger partial charge in [-0.05, 0) is 38.8 Å². The molecule has 1 aliphatic rings. The van der Waals surface area contributed by atoms with Gasteiger partial charge in [-0.2, -0.15) is 0 Å². The highest BCUT2D eigenvalue weighted by molar-refractivity contribution is 7.14. The Morgan fingerprint density at radius 2 is 1.88 bits per heavy atom. The molecular weight excluding hydrogens is 332 g/mol. The van der Waals surface area contributed by atoms with Gasteiger partial charge in [-0.3, -0.25) is 9.69 Å². The van der Waals surface area contributed by atoms with Gasteiger partial charge in [-0.1, -0.05) is 43.9 Å². The average molecular weight is 359 g/mol. The van der Waals surface area contributed by atoms with Crippen molar-refractivity contribution in [2.24, 2.45) is 0 Å². The van der Waals surface area contributed by atoms with Crippen molar-refractivity contribution in [2.45, 2.75) is 64.6 Å². The van der Waals surface area contributed by atoms with Crippen molar-refractivity contribution in [3.05, 3.63) is 41.4 Å². The summed E-state index contributed by atoms with van der Waals surface area (Å²) in [5.74, 6) is -0.0511. The van der Waals surface area contributed by atoms with Crippen LogP contribution in [0.4, 0.5) is 10.8 Å². The van der Waals surface area contributed by atoms with Gasteiger partial charge in [-0.15, -0.1) is 11.3 Å². The Balaban J connectivity index is 1.78. The molecule has 2 aromatic rings. The van der Waals surface area contributed by atoms with Crippen molar-refractivity contribution in [2.75, 3.05) is 4.90 Å². The summed E-state index contributed by atoms with van der Waals surface area (Å²) in [5, 5.41) is 2.67. The molecule has 0 saturated heterocycles. The van der Waals surface area contributed by atoms with Crippen LogP contribution in [0.1, 0.15) is 51.1 Å². The third-order valence-electron chi connectivity index (χ3n) is 4.58. The van der Waals surface area contributed by atoms with Gasteiger partial charge < -0.3 is 4.74 Å². The fourth-order valence-electron chi connectivity index (χ4n) is 3.26. The molecule has 134 valence electrons. The van der Waals surface area contributed by atoms with Gasteiger partial charge in [0.25, 0.3) is 5.91 Å². The van der Waals surface area contributed by atoms with E-state index in [4.69, 9.17) is 4.74 Å². The van der Waals surface area contributed by atoms with Crippen LogP contribution in [-0.4, -0.2) is 23.1 Å². The van der Waals surface area contributed by atoms with Gasteiger partial charge in [-0.25, -0.2) is 4.98 Å². The van der Waals surface area contributed by atoms with E-state index in [9.17, 15) is 4.79 Å². The molecule has 0 bridgehead atoms. The lowest BCUT2D eigenvalue weighted by atomic mass is 10.1. The number of carbonyl (C=O) groups is 1. The second-order valence-corrected chi connectivity index (χ2v) is 7.51. The van der Waals surface area contributed by atoms with Gasteiger partial charge in [0.2, 0.25) is 0 Å². The maximum Gasteiger partial charge on any atom is 0.262 e. The molecule has 0 spiro atoms. The lowest BCUT2D eigenvalue weighted by Gasteiger charge is -2.26. The third kappa shape index (κ3) is 4.67. The van der Waals surface area contributed by atoms with E-state index in [0.29, 0.717) is 5.13 Å². The quantitative estimate of drug-likeness (QED) is 0.686. The molecule has 5 heteroatoms. The van der Waals surface area contributed by atoms with E-state index in [1.165, 1.54) is 37.0 Å². The summed E-state index contributed by atoms with van der Waals surface area (Å²) in [6.45, 7) is 3.81. The maximum absolute atomic E-state index is 13.2. The number of nitrogens with zero attached hydrogens (tertiary/aromatic N) is 2. The summed E-state index contributed by atoms with van der Waals surface area (Å²) < 4.78 is 6.15. The van der Waals surface area contributed by atoms with Crippen LogP contribution >= 0.6 is 11.3 Å². The number of aryl methyl sites for hydroxylation is 1. The van der Waals surface area contributed by atoms with Crippen LogP contribution in [0, 0.1) is 6.92 Å². The molecule has 0 N–H and O–H groups in total. The summed E-state index contributed by atoms with van der Waals surface area (Å²) in [7, 11) is 0. The highest BCUT2D eigenvalue weighted by atomic mass is 32.1. The number of hydrogen-bond donors (Lipinski definition) is 0. The first-order chi connectivity index (χ1) is 12.1. The highest BCUT2D eigenvalue weighted by Gasteiger charge is 2.28. The zero-order valence-corrected chi connectivity index (χ0v) is 15.8. The first-order valence-corrected chi connectivity index (χ1v) is 9.99. The predicted octanol–water partition coefficient (Wildman–Crippen LogP) is 5.24. The Morgan fingerprint density at radius 3 is 2.48 bits per heavy atom. The van der Waals surface area contributed by atoms with Crippen LogP contribution in [0.3, 0.4) is 0 Å². The molecular formula is C20H26N2O2S. The van der Waals surface area contributed by atoms with Gasteiger partial charge in [0, 0.05) is 5.38 Å². The number of carbonyl (C=O) groups excluding carboxylic acids is 1. The minimum absolute atomic E-state index is 0.0511. The minimum atomic E-state index is -0.479. The molecule has 1 aromatic carbocycles. The number of benzene rings is 1. The topological polar surface area (TPSA) is 42.4 Å². The molecule has 1 saturated carbocycles. The van der Waals surface area contributed by atoms with Crippen LogP contribution in [0.15, 0.2) is 35.7 Å². The number of rotatable bonds is 5. The SMILES string of the molecule is Cc1csc(N(C(=O)C(C)OC2CCCCCC2)c2ccccc2)n1. The van der Waals surface area contributed by atoms with Crippen LogP contribution in [0.5, 0.6) is 0 Å². The van der Waals surface area contributed by atoms with Crippen molar-refractivity contribution >= 4 is 28.1 Å². The Labute approximate surface area is 153 Å².